The smallest absolute Gasteiger partial charge is 0.244 e. The second-order valence-corrected chi connectivity index (χ2v) is 5.48. The zero-order valence-corrected chi connectivity index (χ0v) is 12.6. The van der Waals surface area contributed by atoms with Gasteiger partial charge in [0.2, 0.25) is 5.91 Å². The summed E-state index contributed by atoms with van der Waals surface area (Å²) in [5.74, 6) is 0.526. The highest BCUT2D eigenvalue weighted by Gasteiger charge is 2.25. The number of carbonyl (C=O) groups is 1. The lowest BCUT2D eigenvalue weighted by Gasteiger charge is -2.33. The molecule has 0 radical (unpaired) electrons. The number of aryl methyl sites for hydroxylation is 1. The van der Waals surface area contributed by atoms with Crippen molar-refractivity contribution >= 4 is 11.7 Å². The fourth-order valence-corrected chi connectivity index (χ4v) is 2.67. The first-order chi connectivity index (χ1) is 10.6. The largest absolute Gasteiger partial charge is 0.384 e. The predicted octanol–water partition coefficient (Wildman–Crippen LogP) is 1.37. The van der Waals surface area contributed by atoms with E-state index < -0.39 is 0 Å². The van der Waals surface area contributed by atoms with Gasteiger partial charge in [0.1, 0.15) is 18.5 Å². The van der Waals surface area contributed by atoms with Gasteiger partial charge in [0.15, 0.2) is 0 Å². The second kappa shape index (κ2) is 6.19. The average molecular weight is 300 g/mol. The van der Waals surface area contributed by atoms with Gasteiger partial charge in [-0.3, -0.25) is 4.79 Å². The molecule has 1 aliphatic heterocycles. The number of anilines is 1. The third-order valence-electron chi connectivity index (χ3n) is 3.81. The zero-order valence-electron chi connectivity index (χ0n) is 12.6. The molecule has 1 saturated heterocycles. The Morgan fingerprint density at radius 1 is 1.41 bits per heavy atom. The van der Waals surface area contributed by atoms with Gasteiger partial charge in [0.25, 0.3) is 0 Å². The molecule has 6 heteroatoms. The van der Waals surface area contributed by atoms with Crippen LogP contribution in [0, 0.1) is 6.92 Å². The number of morpholine rings is 1. The van der Waals surface area contributed by atoms with Crippen LogP contribution in [0.25, 0.3) is 0 Å². The van der Waals surface area contributed by atoms with Crippen LogP contribution in [0.15, 0.2) is 36.4 Å². The van der Waals surface area contributed by atoms with Crippen molar-refractivity contribution in [2.24, 2.45) is 0 Å². The minimum Gasteiger partial charge on any atom is -0.384 e. The third-order valence-corrected chi connectivity index (χ3v) is 3.81. The summed E-state index contributed by atoms with van der Waals surface area (Å²) in [5, 5.41) is 4.24. The van der Waals surface area contributed by atoms with Crippen LogP contribution in [0.5, 0.6) is 0 Å². The molecule has 1 aromatic carbocycles. The van der Waals surface area contributed by atoms with Gasteiger partial charge in [0, 0.05) is 12.6 Å². The van der Waals surface area contributed by atoms with Crippen LogP contribution in [-0.2, 0) is 16.1 Å². The number of amides is 1. The number of hydrogen-bond acceptors (Lipinski definition) is 4. The van der Waals surface area contributed by atoms with Gasteiger partial charge in [-0.05, 0) is 12.5 Å². The topological polar surface area (TPSA) is 73.4 Å². The number of nitrogens with zero attached hydrogens (tertiary/aromatic N) is 3. The van der Waals surface area contributed by atoms with E-state index in [-0.39, 0.29) is 18.6 Å². The van der Waals surface area contributed by atoms with E-state index >= 15 is 0 Å². The van der Waals surface area contributed by atoms with Crippen molar-refractivity contribution in [1.29, 1.82) is 0 Å². The molecule has 0 saturated carbocycles. The molecule has 1 fully saturated rings. The molecule has 0 bridgehead atoms. The molecule has 3 rings (SSSR count). The Balaban J connectivity index is 1.67. The van der Waals surface area contributed by atoms with E-state index in [0.29, 0.717) is 25.5 Å². The molecule has 1 unspecified atom stereocenters. The predicted molar refractivity (Wildman–Crippen MR) is 83.1 cm³/mol. The summed E-state index contributed by atoms with van der Waals surface area (Å²) in [6.45, 7) is 3.73. The van der Waals surface area contributed by atoms with Crippen molar-refractivity contribution < 1.29 is 9.53 Å². The molecular formula is C16H20N4O2. The Hall–Kier alpha value is -2.34. The Bertz CT molecular complexity index is 653. The van der Waals surface area contributed by atoms with Gasteiger partial charge in [0.05, 0.1) is 18.8 Å². The summed E-state index contributed by atoms with van der Waals surface area (Å²) in [4.78, 5) is 14.3. The number of carbonyl (C=O) groups excluding carboxylic acids is 1. The van der Waals surface area contributed by atoms with E-state index in [1.165, 1.54) is 0 Å². The Morgan fingerprint density at radius 2 is 2.18 bits per heavy atom. The van der Waals surface area contributed by atoms with Crippen molar-refractivity contribution in [1.82, 2.24) is 14.7 Å². The Kier molecular flexibility index (Phi) is 4.11. The number of ether oxygens (including phenoxy) is 1. The quantitative estimate of drug-likeness (QED) is 0.929. The maximum absolute atomic E-state index is 12.5. The lowest BCUT2D eigenvalue weighted by atomic mass is 10.1. The van der Waals surface area contributed by atoms with E-state index in [2.05, 4.69) is 5.10 Å². The van der Waals surface area contributed by atoms with Crippen LogP contribution in [0.3, 0.4) is 0 Å². The maximum atomic E-state index is 12.5. The van der Waals surface area contributed by atoms with Crippen molar-refractivity contribution in [2.45, 2.75) is 19.6 Å². The standard InChI is InChI=1S/C16H20N4O2/c1-12-9-15(17)20(18-12)11-16(21)19-7-8-22-14(10-19)13-5-3-2-4-6-13/h2-6,9,14H,7-8,10-11,17H2,1H3. The van der Waals surface area contributed by atoms with Crippen molar-refractivity contribution in [3.05, 3.63) is 47.7 Å². The molecule has 1 aromatic heterocycles. The van der Waals surface area contributed by atoms with E-state index in [1.807, 2.05) is 42.2 Å². The van der Waals surface area contributed by atoms with Crippen LogP contribution in [0.1, 0.15) is 17.4 Å². The van der Waals surface area contributed by atoms with Gasteiger partial charge in [-0.2, -0.15) is 5.10 Å². The summed E-state index contributed by atoms with van der Waals surface area (Å²) in [6.07, 6.45) is -0.0735. The number of hydrogen-bond donors (Lipinski definition) is 1. The fourth-order valence-electron chi connectivity index (χ4n) is 2.67. The minimum atomic E-state index is -0.0735. The summed E-state index contributed by atoms with van der Waals surface area (Å²) in [7, 11) is 0. The van der Waals surface area contributed by atoms with Crippen LogP contribution in [0.4, 0.5) is 5.82 Å². The summed E-state index contributed by atoms with van der Waals surface area (Å²) in [6, 6.07) is 11.7. The fraction of sp³-hybridized carbons (Fsp3) is 0.375. The van der Waals surface area contributed by atoms with Gasteiger partial charge >= 0.3 is 0 Å². The summed E-state index contributed by atoms with van der Waals surface area (Å²) >= 11 is 0. The highest BCUT2D eigenvalue weighted by Crippen LogP contribution is 2.22. The van der Waals surface area contributed by atoms with E-state index in [1.54, 1.807) is 10.7 Å². The molecule has 0 aliphatic carbocycles. The number of aromatic nitrogens is 2. The van der Waals surface area contributed by atoms with Crippen molar-refractivity contribution in [3.8, 4) is 0 Å². The first-order valence-corrected chi connectivity index (χ1v) is 7.38. The minimum absolute atomic E-state index is 0.0130. The molecular weight excluding hydrogens is 280 g/mol. The summed E-state index contributed by atoms with van der Waals surface area (Å²) in [5.41, 5.74) is 7.75. The molecule has 2 N–H and O–H groups in total. The highest BCUT2D eigenvalue weighted by molar-refractivity contribution is 5.76. The summed E-state index contributed by atoms with van der Waals surface area (Å²) < 4.78 is 7.33. The lowest BCUT2D eigenvalue weighted by Crippen LogP contribution is -2.43. The Labute approximate surface area is 129 Å². The van der Waals surface area contributed by atoms with Crippen molar-refractivity contribution in [2.75, 3.05) is 25.4 Å². The van der Waals surface area contributed by atoms with Crippen LogP contribution < -0.4 is 5.73 Å². The second-order valence-electron chi connectivity index (χ2n) is 5.48. The number of benzene rings is 1. The van der Waals surface area contributed by atoms with Crippen LogP contribution in [0.2, 0.25) is 0 Å². The average Bonchev–Trinajstić information content (AvgIpc) is 2.86. The normalized spacial score (nSPS) is 18.4. The van der Waals surface area contributed by atoms with Gasteiger partial charge in [-0.15, -0.1) is 0 Å². The number of nitrogen functional groups attached to an aromatic ring is 1. The molecule has 1 atom stereocenters. The highest BCUT2D eigenvalue weighted by atomic mass is 16.5. The molecule has 2 heterocycles. The van der Waals surface area contributed by atoms with Crippen molar-refractivity contribution in [3.63, 3.8) is 0 Å². The van der Waals surface area contributed by atoms with Crippen LogP contribution >= 0.6 is 0 Å². The molecule has 1 amide bonds. The third kappa shape index (κ3) is 3.12. The maximum Gasteiger partial charge on any atom is 0.244 e. The molecule has 6 nitrogen and oxygen atoms in total. The molecule has 116 valence electrons. The Morgan fingerprint density at radius 3 is 2.86 bits per heavy atom. The number of rotatable bonds is 3. The van der Waals surface area contributed by atoms with Gasteiger partial charge < -0.3 is 15.4 Å². The molecule has 0 spiro atoms. The van der Waals surface area contributed by atoms with E-state index in [4.69, 9.17) is 10.5 Å². The molecule has 1 aliphatic rings. The zero-order chi connectivity index (χ0) is 15.5. The van der Waals surface area contributed by atoms with Gasteiger partial charge in [-0.25, -0.2) is 4.68 Å². The monoisotopic (exact) mass is 300 g/mol. The van der Waals surface area contributed by atoms with E-state index in [9.17, 15) is 4.79 Å². The number of nitrogens with two attached hydrogens (primary N) is 1. The first kappa shape index (κ1) is 14.6. The molecule has 2 aromatic rings. The molecule has 22 heavy (non-hydrogen) atoms. The van der Waals surface area contributed by atoms with E-state index in [0.717, 1.165) is 11.3 Å². The lowest BCUT2D eigenvalue weighted by molar-refractivity contribution is -0.139. The first-order valence-electron chi connectivity index (χ1n) is 7.38. The SMILES string of the molecule is Cc1cc(N)n(CC(=O)N2CCOC(c3ccccc3)C2)n1. The van der Waals surface area contributed by atoms with Crippen LogP contribution in [-0.4, -0.2) is 40.3 Å². The van der Waals surface area contributed by atoms with Gasteiger partial charge in [-0.1, -0.05) is 30.3 Å².